The average Bonchev–Trinajstić information content (AvgIpc) is 2.80. The van der Waals surface area contributed by atoms with Gasteiger partial charge in [-0.05, 0) is 37.1 Å². The van der Waals surface area contributed by atoms with Gasteiger partial charge in [0, 0.05) is 24.5 Å². The van der Waals surface area contributed by atoms with Gasteiger partial charge in [-0.2, -0.15) is 0 Å². The molecule has 1 aliphatic rings. The maximum absolute atomic E-state index is 11.8. The molecule has 5 heteroatoms. The van der Waals surface area contributed by atoms with Gasteiger partial charge < -0.3 is 9.64 Å². The second kappa shape index (κ2) is 6.06. The molecule has 0 spiro atoms. The molecule has 1 amide bonds. The Labute approximate surface area is 117 Å². The van der Waals surface area contributed by atoms with Crippen LogP contribution in [0.2, 0.25) is 0 Å². The van der Waals surface area contributed by atoms with Crippen LogP contribution < -0.4 is 4.90 Å². The van der Waals surface area contributed by atoms with Crippen LogP contribution in [0.4, 0.5) is 5.69 Å². The number of anilines is 1. The number of hydrogen-bond donors (Lipinski definition) is 0. The number of rotatable bonds is 4. The smallest absolute Gasteiger partial charge is 0.338 e. The molecule has 0 aliphatic carbocycles. The van der Waals surface area contributed by atoms with Crippen LogP contribution in [0.1, 0.15) is 23.7 Å². The zero-order valence-corrected chi connectivity index (χ0v) is 11.5. The third-order valence-corrected chi connectivity index (χ3v) is 3.55. The average molecular weight is 282 g/mol. The van der Waals surface area contributed by atoms with Gasteiger partial charge in [-0.3, -0.25) is 4.79 Å². The number of nitrogens with zero attached hydrogens (tertiary/aromatic N) is 1. The van der Waals surface area contributed by atoms with Crippen LogP contribution in [0, 0.1) is 5.92 Å². The number of hydrogen-bond acceptors (Lipinski definition) is 3. The second-order valence-electron chi connectivity index (χ2n) is 4.50. The lowest BCUT2D eigenvalue weighted by Crippen LogP contribution is -2.24. The minimum Gasteiger partial charge on any atom is -0.462 e. The fourth-order valence-electron chi connectivity index (χ4n) is 2.13. The molecule has 1 aliphatic heterocycles. The summed E-state index contributed by atoms with van der Waals surface area (Å²) in [6, 6.07) is 6.88. The van der Waals surface area contributed by atoms with E-state index in [2.05, 4.69) is 0 Å². The Bertz CT molecular complexity index is 472. The van der Waals surface area contributed by atoms with Gasteiger partial charge in [0.25, 0.3) is 0 Å². The molecule has 102 valence electrons. The summed E-state index contributed by atoms with van der Waals surface area (Å²) in [5.41, 5.74) is 1.29. The van der Waals surface area contributed by atoms with E-state index in [1.54, 1.807) is 36.1 Å². The Morgan fingerprint density at radius 2 is 2.11 bits per heavy atom. The third-order valence-electron chi connectivity index (χ3n) is 3.11. The van der Waals surface area contributed by atoms with E-state index in [1.165, 1.54) is 0 Å². The fourth-order valence-corrected chi connectivity index (χ4v) is 2.33. The van der Waals surface area contributed by atoms with Crippen LogP contribution in [-0.4, -0.2) is 30.9 Å². The summed E-state index contributed by atoms with van der Waals surface area (Å²) in [5.74, 6) is 0.428. The standard InChI is InChI=1S/C14H16ClNO3/c1-2-19-14(18)11-3-5-12(6-4-11)16-9-10(8-15)7-13(16)17/h3-6,10H,2,7-9H2,1H3. The number of ether oxygens (including phenoxy) is 1. The second-order valence-corrected chi connectivity index (χ2v) is 4.80. The number of carbonyl (C=O) groups is 2. The molecule has 0 radical (unpaired) electrons. The molecule has 19 heavy (non-hydrogen) atoms. The molecule has 4 nitrogen and oxygen atoms in total. The van der Waals surface area contributed by atoms with Crippen molar-refractivity contribution in [1.82, 2.24) is 0 Å². The lowest BCUT2D eigenvalue weighted by Gasteiger charge is -2.16. The van der Waals surface area contributed by atoms with Crippen molar-refractivity contribution in [3.8, 4) is 0 Å². The van der Waals surface area contributed by atoms with Crippen molar-refractivity contribution in [2.24, 2.45) is 5.92 Å². The largest absolute Gasteiger partial charge is 0.462 e. The Balaban J connectivity index is 2.10. The van der Waals surface area contributed by atoms with E-state index >= 15 is 0 Å². The first-order valence-corrected chi connectivity index (χ1v) is 6.82. The molecule has 1 heterocycles. The van der Waals surface area contributed by atoms with Gasteiger partial charge in [0.05, 0.1) is 12.2 Å². The van der Waals surface area contributed by atoms with Gasteiger partial charge in [-0.1, -0.05) is 0 Å². The van der Waals surface area contributed by atoms with Gasteiger partial charge in [0.1, 0.15) is 0 Å². The van der Waals surface area contributed by atoms with Crippen molar-refractivity contribution in [2.45, 2.75) is 13.3 Å². The van der Waals surface area contributed by atoms with Gasteiger partial charge in [-0.15, -0.1) is 11.6 Å². The van der Waals surface area contributed by atoms with Crippen molar-refractivity contribution < 1.29 is 14.3 Å². The number of carbonyl (C=O) groups excluding carboxylic acids is 2. The summed E-state index contributed by atoms with van der Waals surface area (Å²) < 4.78 is 4.91. The number of halogens is 1. The molecule has 0 N–H and O–H groups in total. The Kier molecular flexibility index (Phi) is 4.43. The molecule has 1 fully saturated rings. The van der Waals surface area contributed by atoms with E-state index in [9.17, 15) is 9.59 Å². The van der Waals surface area contributed by atoms with Gasteiger partial charge in [-0.25, -0.2) is 4.79 Å². The molecule has 2 rings (SSSR count). The van der Waals surface area contributed by atoms with Crippen LogP contribution in [0.25, 0.3) is 0 Å². The minimum atomic E-state index is -0.347. The van der Waals surface area contributed by atoms with E-state index in [1.807, 2.05) is 0 Å². The summed E-state index contributed by atoms with van der Waals surface area (Å²) in [6.45, 7) is 2.76. The van der Waals surface area contributed by atoms with E-state index in [-0.39, 0.29) is 17.8 Å². The molecule has 1 saturated heterocycles. The van der Waals surface area contributed by atoms with Crippen LogP contribution in [0.5, 0.6) is 0 Å². The fraction of sp³-hybridized carbons (Fsp3) is 0.429. The van der Waals surface area contributed by atoms with Crippen molar-refractivity contribution in [3.05, 3.63) is 29.8 Å². The highest BCUT2D eigenvalue weighted by Gasteiger charge is 2.29. The topological polar surface area (TPSA) is 46.6 Å². The predicted octanol–water partition coefficient (Wildman–Crippen LogP) is 2.46. The maximum atomic E-state index is 11.8. The SMILES string of the molecule is CCOC(=O)c1ccc(N2CC(CCl)CC2=O)cc1. The Hall–Kier alpha value is -1.55. The van der Waals surface area contributed by atoms with E-state index in [0.717, 1.165) is 5.69 Å². The van der Waals surface area contributed by atoms with Crippen molar-refractivity contribution in [3.63, 3.8) is 0 Å². The Morgan fingerprint density at radius 3 is 2.63 bits per heavy atom. The number of esters is 1. The summed E-state index contributed by atoms with van der Waals surface area (Å²) >= 11 is 5.79. The van der Waals surface area contributed by atoms with Crippen LogP contribution in [0.15, 0.2) is 24.3 Å². The first kappa shape index (κ1) is 13.9. The summed E-state index contributed by atoms with van der Waals surface area (Å²) in [7, 11) is 0. The molecular weight excluding hydrogens is 266 g/mol. The van der Waals surface area contributed by atoms with Gasteiger partial charge in [0.2, 0.25) is 5.91 Å². The number of amides is 1. The van der Waals surface area contributed by atoms with Crippen LogP contribution in [0.3, 0.4) is 0 Å². The summed E-state index contributed by atoms with van der Waals surface area (Å²) in [6.07, 6.45) is 0.489. The Morgan fingerprint density at radius 1 is 1.42 bits per heavy atom. The zero-order chi connectivity index (χ0) is 13.8. The summed E-state index contributed by atoms with van der Waals surface area (Å²) in [4.78, 5) is 25.1. The lowest BCUT2D eigenvalue weighted by molar-refractivity contribution is -0.117. The lowest BCUT2D eigenvalue weighted by atomic mass is 10.1. The molecular formula is C14H16ClNO3. The number of benzene rings is 1. The summed E-state index contributed by atoms with van der Waals surface area (Å²) in [5, 5.41) is 0. The van der Waals surface area contributed by atoms with E-state index < -0.39 is 0 Å². The highest BCUT2D eigenvalue weighted by atomic mass is 35.5. The molecule has 0 bridgehead atoms. The van der Waals surface area contributed by atoms with Crippen LogP contribution >= 0.6 is 11.6 Å². The normalized spacial score (nSPS) is 18.7. The number of alkyl halides is 1. The third kappa shape index (κ3) is 3.07. The molecule has 1 aromatic carbocycles. The van der Waals surface area contributed by atoms with E-state index in [0.29, 0.717) is 31.0 Å². The molecule has 1 aromatic rings. The van der Waals surface area contributed by atoms with E-state index in [4.69, 9.17) is 16.3 Å². The molecule has 0 aromatic heterocycles. The van der Waals surface area contributed by atoms with Crippen molar-refractivity contribution >= 4 is 29.2 Å². The monoisotopic (exact) mass is 281 g/mol. The molecule has 1 unspecified atom stereocenters. The van der Waals surface area contributed by atoms with Crippen LogP contribution in [-0.2, 0) is 9.53 Å². The predicted molar refractivity (Wildman–Crippen MR) is 73.6 cm³/mol. The maximum Gasteiger partial charge on any atom is 0.338 e. The van der Waals surface area contributed by atoms with Gasteiger partial charge in [0.15, 0.2) is 0 Å². The first-order valence-electron chi connectivity index (χ1n) is 6.29. The minimum absolute atomic E-state index is 0.0783. The highest BCUT2D eigenvalue weighted by Crippen LogP contribution is 2.26. The first-order chi connectivity index (χ1) is 9.15. The quantitative estimate of drug-likeness (QED) is 0.629. The highest BCUT2D eigenvalue weighted by molar-refractivity contribution is 6.18. The van der Waals surface area contributed by atoms with Crippen molar-refractivity contribution in [1.29, 1.82) is 0 Å². The molecule has 1 atom stereocenters. The van der Waals surface area contributed by atoms with Gasteiger partial charge >= 0.3 is 5.97 Å². The van der Waals surface area contributed by atoms with Crippen molar-refractivity contribution in [2.75, 3.05) is 23.9 Å². The zero-order valence-electron chi connectivity index (χ0n) is 10.8. The molecule has 0 saturated carbocycles.